The second-order valence-electron chi connectivity index (χ2n) is 5.72. The Morgan fingerprint density at radius 2 is 1.56 bits per heavy atom. The minimum Gasteiger partial charge on any atom is -0.339 e. The minimum absolute atomic E-state index is 0.353. The Morgan fingerprint density at radius 1 is 0.938 bits per heavy atom. The Balaban J connectivity index is 1.61. The normalized spacial score (nSPS) is 35.4. The minimum atomic E-state index is 0.353. The molecule has 0 radical (unpaired) electrons. The van der Waals surface area contributed by atoms with Gasteiger partial charge in [0.15, 0.2) is 0 Å². The SMILES string of the molecule is O=C(C1CCCCC1)N1CC2CCC(C1)N2. The fourth-order valence-electron chi connectivity index (χ4n) is 3.58. The van der Waals surface area contributed by atoms with Gasteiger partial charge in [0, 0.05) is 31.1 Å². The summed E-state index contributed by atoms with van der Waals surface area (Å²) in [6.45, 7) is 1.93. The van der Waals surface area contributed by atoms with Crippen molar-refractivity contribution in [3.8, 4) is 0 Å². The highest BCUT2D eigenvalue weighted by Gasteiger charge is 2.36. The number of piperazine rings is 1. The van der Waals surface area contributed by atoms with Crippen molar-refractivity contribution in [2.24, 2.45) is 5.92 Å². The molecule has 1 N–H and O–H groups in total. The summed E-state index contributed by atoms with van der Waals surface area (Å²) in [7, 11) is 0. The van der Waals surface area contributed by atoms with E-state index >= 15 is 0 Å². The number of hydrogen-bond acceptors (Lipinski definition) is 2. The van der Waals surface area contributed by atoms with Crippen molar-refractivity contribution in [1.29, 1.82) is 0 Å². The van der Waals surface area contributed by atoms with E-state index in [0.29, 0.717) is 23.9 Å². The lowest BCUT2D eigenvalue weighted by molar-refractivity contribution is -0.137. The molecule has 2 heterocycles. The zero-order valence-electron chi connectivity index (χ0n) is 9.95. The molecule has 3 aliphatic rings. The third-order valence-corrected chi connectivity index (χ3v) is 4.48. The first-order valence-corrected chi connectivity index (χ1v) is 6.88. The van der Waals surface area contributed by atoms with Crippen LogP contribution in [0.4, 0.5) is 0 Å². The molecule has 2 atom stereocenters. The zero-order valence-corrected chi connectivity index (χ0v) is 9.95. The summed E-state index contributed by atoms with van der Waals surface area (Å²) in [5, 5.41) is 3.58. The molecule has 0 aromatic rings. The maximum absolute atomic E-state index is 12.4. The summed E-state index contributed by atoms with van der Waals surface area (Å²) in [4.78, 5) is 14.5. The van der Waals surface area contributed by atoms with Crippen molar-refractivity contribution in [3.05, 3.63) is 0 Å². The highest BCUT2D eigenvalue weighted by atomic mass is 16.2. The van der Waals surface area contributed by atoms with Gasteiger partial charge in [-0.25, -0.2) is 0 Å². The average Bonchev–Trinajstić information content (AvgIpc) is 2.68. The van der Waals surface area contributed by atoms with Crippen LogP contribution in [-0.4, -0.2) is 36.0 Å². The van der Waals surface area contributed by atoms with E-state index in [0.717, 1.165) is 25.9 Å². The summed E-state index contributed by atoms with van der Waals surface area (Å²) in [5.41, 5.74) is 0. The molecule has 90 valence electrons. The molecule has 0 spiro atoms. The smallest absolute Gasteiger partial charge is 0.225 e. The van der Waals surface area contributed by atoms with E-state index in [1.165, 1.54) is 32.1 Å². The molecule has 0 aromatic heterocycles. The summed E-state index contributed by atoms with van der Waals surface area (Å²) in [5.74, 6) is 0.810. The van der Waals surface area contributed by atoms with Crippen LogP contribution in [0, 0.1) is 5.92 Å². The predicted molar refractivity (Wildman–Crippen MR) is 63.1 cm³/mol. The van der Waals surface area contributed by atoms with Gasteiger partial charge in [0.2, 0.25) is 5.91 Å². The molecule has 2 unspecified atom stereocenters. The van der Waals surface area contributed by atoms with Crippen LogP contribution in [0.3, 0.4) is 0 Å². The van der Waals surface area contributed by atoms with Gasteiger partial charge in [0.25, 0.3) is 0 Å². The fourth-order valence-corrected chi connectivity index (χ4v) is 3.58. The van der Waals surface area contributed by atoms with E-state index in [1.54, 1.807) is 0 Å². The van der Waals surface area contributed by atoms with Crippen LogP contribution in [-0.2, 0) is 4.79 Å². The van der Waals surface area contributed by atoms with Gasteiger partial charge in [0.05, 0.1) is 0 Å². The van der Waals surface area contributed by atoms with Crippen molar-refractivity contribution in [2.45, 2.75) is 57.0 Å². The molecule has 3 rings (SSSR count). The van der Waals surface area contributed by atoms with E-state index in [2.05, 4.69) is 10.2 Å². The molecule has 3 nitrogen and oxygen atoms in total. The van der Waals surface area contributed by atoms with Crippen molar-refractivity contribution in [2.75, 3.05) is 13.1 Å². The van der Waals surface area contributed by atoms with Gasteiger partial charge >= 0.3 is 0 Å². The molecule has 3 heteroatoms. The molecule has 1 amide bonds. The maximum Gasteiger partial charge on any atom is 0.225 e. The Morgan fingerprint density at radius 3 is 2.19 bits per heavy atom. The molecule has 3 fully saturated rings. The standard InChI is InChI=1S/C13H22N2O/c16-13(10-4-2-1-3-5-10)15-8-11-6-7-12(9-15)14-11/h10-12,14H,1-9H2. The number of carbonyl (C=O) groups excluding carboxylic acids is 1. The number of carbonyl (C=O) groups is 1. The van der Waals surface area contributed by atoms with Gasteiger partial charge in [-0.15, -0.1) is 0 Å². The number of fused-ring (bicyclic) bond motifs is 2. The molecule has 0 aromatic carbocycles. The lowest BCUT2D eigenvalue weighted by atomic mass is 9.88. The molecule has 1 saturated carbocycles. The number of hydrogen-bond donors (Lipinski definition) is 1. The first-order valence-electron chi connectivity index (χ1n) is 6.88. The number of likely N-dealkylation sites (tertiary alicyclic amines) is 1. The molecule has 2 saturated heterocycles. The van der Waals surface area contributed by atoms with E-state index in [1.807, 2.05) is 0 Å². The summed E-state index contributed by atoms with van der Waals surface area (Å²) < 4.78 is 0. The molecular formula is C13H22N2O. The fraction of sp³-hybridized carbons (Fsp3) is 0.923. The summed E-state index contributed by atoms with van der Waals surface area (Å²) >= 11 is 0. The predicted octanol–water partition coefficient (Wildman–Crippen LogP) is 1.53. The Hall–Kier alpha value is -0.570. The summed E-state index contributed by atoms with van der Waals surface area (Å²) in [6.07, 6.45) is 8.65. The van der Waals surface area contributed by atoms with Crippen molar-refractivity contribution in [3.63, 3.8) is 0 Å². The van der Waals surface area contributed by atoms with E-state index in [4.69, 9.17) is 0 Å². The second-order valence-corrected chi connectivity index (χ2v) is 5.72. The highest BCUT2D eigenvalue weighted by Crippen LogP contribution is 2.28. The third kappa shape index (κ3) is 1.97. The number of nitrogens with zero attached hydrogens (tertiary/aromatic N) is 1. The topological polar surface area (TPSA) is 32.3 Å². The number of rotatable bonds is 1. The van der Waals surface area contributed by atoms with Crippen molar-refractivity contribution in [1.82, 2.24) is 10.2 Å². The highest BCUT2D eigenvalue weighted by molar-refractivity contribution is 5.79. The maximum atomic E-state index is 12.4. The van der Waals surface area contributed by atoms with Crippen LogP contribution in [0.5, 0.6) is 0 Å². The molecule has 1 aliphatic carbocycles. The Kier molecular flexibility index (Phi) is 2.88. The van der Waals surface area contributed by atoms with E-state index in [9.17, 15) is 4.79 Å². The van der Waals surface area contributed by atoms with Gasteiger partial charge < -0.3 is 10.2 Å². The first kappa shape index (κ1) is 10.6. The van der Waals surface area contributed by atoms with Crippen LogP contribution in [0.2, 0.25) is 0 Å². The number of nitrogens with one attached hydrogen (secondary N) is 1. The average molecular weight is 222 g/mol. The number of amides is 1. The van der Waals surface area contributed by atoms with Crippen LogP contribution in [0.15, 0.2) is 0 Å². The second kappa shape index (κ2) is 4.36. The monoisotopic (exact) mass is 222 g/mol. The third-order valence-electron chi connectivity index (χ3n) is 4.48. The van der Waals surface area contributed by atoms with Gasteiger partial charge in [0.1, 0.15) is 0 Å². The lowest BCUT2D eigenvalue weighted by Crippen LogP contribution is -2.54. The van der Waals surface area contributed by atoms with Gasteiger partial charge in [-0.3, -0.25) is 4.79 Å². The molecular weight excluding hydrogens is 200 g/mol. The van der Waals surface area contributed by atoms with Crippen molar-refractivity contribution >= 4 is 5.91 Å². The Bertz CT molecular complexity index is 261. The van der Waals surface area contributed by atoms with Gasteiger partial charge in [-0.1, -0.05) is 19.3 Å². The molecule has 2 aliphatic heterocycles. The lowest BCUT2D eigenvalue weighted by Gasteiger charge is -2.36. The Labute approximate surface area is 97.6 Å². The molecule has 16 heavy (non-hydrogen) atoms. The van der Waals surface area contributed by atoms with E-state index < -0.39 is 0 Å². The van der Waals surface area contributed by atoms with Gasteiger partial charge in [-0.2, -0.15) is 0 Å². The zero-order chi connectivity index (χ0) is 11.0. The first-order chi connectivity index (χ1) is 7.83. The van der Waals surface area contributed by atoms with E-state index in [-0.39, 0.29) is 0 Å². The van der Waals surface area contributed by atoms with Crippen LogP contribution >= 0.6 is 0 Å². The van der Waals surface area contributed by atoms with Crippen LogP contribution in [0.1, 0.15) is 44.9 Å². The summed E-state index contributed by atoms with van der Waals surface area (Å²) in [6, 6.07) is 1.18. The van der Waals surface area contributed by atoms with Gasteiger partial charge in [-0.05, 0) is 25.7 Å². The van der Waals surface area contributed by atoms with Crippen molar-refractivity contribution < 1.29 is 4.79 Å². The quantitative estimate of drug-likeness (QED) is 0.729. The van der Waals surface area contributed by atoms with Crippen LogP contribution in [0.25, 0.3) is 0 Å². The van der Waals surface area contributed by atoms with Crippen LogP contribution < -0.4 is 5.32 Å². The largest absolute Gasteiger partial charge is 0.339 e. The molecule has 2 bridgehead atoms.